The molecule has 1 saturated heterocycles. The van der Waals surface area contributed by atoms with E-state index in [-0.39, 0.29) is 10.8 Å². The van der Waals surface area contributed by atoms with Crippen LogP contribution < -0.4 is 16.4 Å². The quantitative estimate of drug-likeness (QED) is 0.279. The number of fused-ring (bicyclic) bond motifs is 1. The highest BCUT2D eigenvalue weighted by atomic mass is 35.5. The van der Waals surface area contributed by atoms with Crippen LogP contribution in [0.3, 0.4) is 0 Å². The predicted octanol–water partition coefficient (Wildman–Crippen LogP) is 0.964. The molecule has 0 spiro atoms. The molecule has 0 unspecified atom stereocenters. The van der Waals surface area contributed by atoms with Gasteiger partial charge >= 0.3 is 6.03 Å². The van der Waals surface area contributed by atoms with Crippen LogP contribution in [0.2, 0.25) is 5.02 Å². The Morgan fingerprint density at radius 3 is 2.89 bits per heavy atom. The third-order valence-corrected chi connectivity index (χ3v) is 5.96. The number of anilines is 2. The van der Waals surface area contributed by atoms with E-state index in [1.54, 1.807) is 0 Å². The molecule has 0 saturated carbocycles. The highest BCUT2D eigenvalue weighted by Gasteiger charge is 2.44. The molecule has 0 radical (unpaired) electrons. The number of hydrogen-bond donors (Lipinski definition) is 5. The van der Waals surface area contributed by atoms with Crippen LogP contribution in [0.25, 0.3) is 11.2 Å². The molecular formula is C21H26ClFN8O4. The van der Waals surface area contributed by atoms with Gasteiger partial charge in [-0.25, -0.2) is 24.1 Å². The Morgan fingerprint density at radius 2 is 2.11 bits per heavy atom. The van der Waals surface area contributed by atoms with Crippen LogP contribution in [-0.4, -0.2) is 85.7 Å². The summed E-state index contributed by atoms with van der Waals surface area (Å²) in [5.74, 6) is -0.352. The van der Waals surface area contributed by atoms with E-state index < -0.39 is 36.4 Å². The van der Waals surface area contributed by atoms with Gasteiger partial charge in [0, 0.05) is 18.8 Å². The minimum atomic E-state index is -1.19. The SMILES string of the molecule is CN(CCCNC(=O)Nc1ccc(F)c(Cl)c1)C[C@H]1O[C@@H](n2cnc3c(N)ncnc32)[C@H](O)[C@H]1O. The van der Waals surface area contributed by atoms with Gasteiger partial charge in [0.1, 0.15) is 36.0 Å². The van der Waals surface area contributed by atoms with E-state index in [9.17, 15) is 19.4 Å². The van der Waals surface area contributed by atoms with Crippen molar-refractivity contribution in [1.82, 2.24) is 29.7 Å². The van der Waals surface area contributed by atoms with Crippen LogP contribution >= 0.6 is 11.6 Å². The van der Waals surface area contributed by atoms with Gasteiger partial charge in [-0.1, -0.05) is 11.6 Å². The summed E-state index contributed by atoms with van der Waals surface area (Å²) >= 11 is 5.71. The second-order valence-electron chi connectivity index (χ2n) is 8.25. The molecule has 0 aliphatic carbocycles. The van der Waals surface area contributed by atoms with Crippen LogP contribution in [0.15, 0.2) is 30.9 Å². The molecule has 4 atom stereocenters. The van der Waals surface area contributed by atoms with Gasteiger partial charge in [-0.15, -0.1) is 0 Å². The molecule has 35 heavy (non-hydrogen) atoms. The van der Waals surface area contributed by atoms with Crippen molar-refractivity contribution < 1.29 is 24.1 Å². The number of nitrogens with zero attached hydrogens (tertiary/aromatic N) is 5. The number of ether oxygens (including phenoxy) is 1. The van der Waals surface area contributed by atoms with Crippen LogP contribution in [0.5, 0.6) is 0 Å². The number of nitrogens with one attached hydrogen (secondary N) is 2. The van der Waals surface area contributed by atoms with Gasteiger partial charge in [-0.3, -0.25) is 4.57 Å². The molecule has 3 heterocycles. The molecule has 188 valence electrons. The number of aromatic nitrogens is 4. The number of nitrogen functional groups attached to an aromatic ring is 1. The molecule has 4 rings (SSSR count). The first-order chi connectivity index (χ1) is 16.7. The molecule has 1 fully saturated rings. The van der Waals surface area contributed by atoms with Gasteiger partial charge in [-0.2, -0.15) is 0 Å². The fraction of sp³-hybridized carbons (Fsp3) is 0.429. The number of aliphatic hydroxyl groups is 2. The molecule has 12 nitrogen and oxygen atoms in total. The van der Waals surface area contributed by atoms with Crippen LogP contribution in [0.4, 0.5) is 20.7 Å². The number of aliphatic hydroxyl groups excluding tert-OH is 2. The van der Waals surface area contributed by atoms with E-state index >= 15 is 0 Å². The summed E-state index contributed by atoms with van der Waals surface area (Å²) in [4.78, 5) is 26.1. The summed E-state index contributed by atoms with van der Waals surface area (Å²) in [6.45, 7) is 1.32. The molecule has 2 aromatic heterocycles. The normalized spacial score (nSPS) is 22.1. The number of halogens is 2. The van der Waals surface area contributed by atoms with Crippen molar-refractivity contribution in [2.24, 2.45) is 0 Å². The Hall–Kier alpha value is -3.10. The van der Waals surface area contributed by atoms with Crippen molar-refractivity contribution in [3.63, 3.8) is 0 Å². The standard InChI is InChI=1S/C21H26ClFN8O4/c1-30(6-2-5-25-21(34)29-11-3-4-13(23)12(22)7-11)8-14-16(32)17(33)20(35-14)31-10-28-15-18(24)26-9-27-19(15)31/h3-4,7,9-10,14,16-17,20,32-33H,2,5-6,8H2,1H3,(H2,24,26,27)(H2,25,29,34)/t14-,16+,17-,20-/m1/s1. The number of likely N-dealkylation sites (N-methyl/N-ethyl adjacent to an activating group) is 1. The largest absolute Gasteiger partial charge is 0.387 e. The minimum Gasteiger partial charge on any atom is -0.387 e. The van der Waals surface area contributed by atoms with E-state index in [0.717, 1.165) is 0 Å². The summed E-state index contributed by atoms with van der Waals surface area (Å²) in [5.41, 5.74) is 6.98. The fourth-order valence-electron chi connectivity index (χ4n) is 3.86. The molecular weight excluding hydrogens is 483 g/mol. The molecule has 3 aromatic rings. The van der Waals surface area contributed by atoms with E-state index in [2.05, 4.69) is 25.6 Å². The highest BCUT2D eigenvalue weighted by molar-refractivity contribution is 6.31. The maximum Gasteiger partial charge on any atom is 0.319 e. The number of rotatable bonds is 8. The Morgan fingerprint density at radius 1 is 1.31 bits per heavy atom. The van der Waals surface area contributed by atoms with Gasteiger partial charge in [0.05, 0.1) is 11.3 Å². The van der Waals surface area contributed by atoms with Gasteiger partial charge in [0.15, 0.2) is 17.7 Å². The van der Waals surface area contributed by atoms with E-state index in [4.69, 9.17) is 22.1 Å². The molecule has 0 bridgehead atoms. The summed E-state index contributed by atoms with van der Waals surface area (Å²) in [5, 5.41) is 26.3. The van der Waals surface area contributed by atoms with E-state index in [1.165, 1.54) is 35.4 Å². The molecule has 1 aliphatic rings. The second-order valence-corrected chi connectivity index (χ2v) is 8.66. The first kappa shape index (κ1) is 25.0. The molecule has 1 aliphatic heterocycles. The average molecular weight is 509 g/mol. The van der Waals surface area contributed by atoms with Crippen molar-refractivity contribution in [3.8, 4) is 0 Å². The lowest BCUT2D eigenvalue weighted by molar-refractivity contribution is -0.0421. The number of amides is 2. The fourth-order valence-corrected chi connectivity index (χ4v) is 4.05. The number of benzene rings is 1. The van der Waals surface area contributed by atoms with Crippen LogP contribution in [0, 0.1) is 5.82 Å². The predicted molar refractivity (Wildman–Crippen MR) is 126 cm³/mol. The number of carbonyl (C=O) groups excluding carboxylic acids is 1. The first-order valence-electron chi connectivity index (χ1n) is 10.9. The lowest BCUT2D eigenvalue weighted by Crippen LogP contribution is -2.39. The van der Waals surface area contributed by atoms with Gasteiger partial charge < -0.3 is 36.2 Å². The number of imidazole rings is 1. The summed E-state index contributed by atoms with van der Waals surface area (Å²) < 4.78 is 20.7. The molecule has 6 N–H and O–H groups in total. The zero-order chi connectivity index (χ0) is 25.1. The molecule has 1 aromatic carbocycles. The highest BCUT2D eigenvalue weighted by Crippen LogP contribution is 2.32. The minimum absolute atomic E-state index is 0.0771. The smallest absolute Gasteiger partial charge is 0.319 e. The van der Waals surface area contributed by atoms with Gasteiger partial charge in [0.2, 0.25) is 0 Å². The van der Waals surface area contributed by atoms with Crippen molar-refractivity contribution in [3.05, 3.63) is 41.7 Å². The first-order valence-corrected chi connectivity index (χ1v) is 11.3. The Balaban J connectivity index is 1.23. The van der Waals surface area contributed by atoms with Gasteiger partial charge in [0.25, 0.3) is 0 Å². The lowest BCUT2D eigenvalue weighted by Gasteiger charge is -2.22. The summed E-state index contributed by atoms with van der Waals surface area (Å²) in [7, 11) is 1.84. The number of urea groups is 1. The Labute approximate surface area is 204 Å². The number of hydrogen-bond acceptors (Lipinski definition) is 9. The van der Waals surface area contributed by atoms with E-state index in [0.29, 0.717) is 42.9 Å². The van der Waals surface area contributed by atoms with E-state index in [1.807, 2.05) is 11.9 Å². The van der Waals surface area contributed by atoms with Crippen molar-refractivity contribution in [1.29, 1.82) is 0 Å². The molecule has 2 amide bonds. The average Bonchev–Trinajstić information content (AvgIpc) is 3.37. The van der Waals surface area contributed by atoms with Crippen molar-refractivity contribution >= 4 is 40.3 Å². The summed E-state index contributed by atoms with van der Waals surface area (Å²) in [6, 6.07) is 3.48. The Kier molecular flexibility index (Phi) is 7.62. The number of carbonyl (C=O) groups is 1. The third-order valence-electron chi connectivity index (χ3n) is 5.67. The van der Waals surface area contributed by atoms with Gasteiger partial charge in [-0.05, 0) is 38.2 Å². The maximum absolute atomic E-state index is 13.2. The topological polar surface area (TPSA) is 164 Å². The monoisotopic (exact) mass is 508 g/mol. The second kappa shape index (κ2) is 10.7. The molecule has 14 heteroatoms. The Bertz CT molecular complexity index is 1200. The zero-order valence-electron chi connectivity index (χ0n) is 18.8. The summed E-state index contributed by atoms with van der Waals surface area (Å²) in [6.07, 6.45) is -0.492. The number of nitrogens with two attached hydrogens (primary N) is 1. The van der Waals surface area contributed by atoms with Crippen LogP contribution in [0.1, 0.15) is 12.6 Å². The van der Waals surface area contributed by atoms with Crippen molar-refractivity contribution in [2.75, 3.05) is 37.7 Å². The zero-order valence-corrected chi connectivity index (χ0v) is 19.6. The maximum atomic E-state index is 13.2. The third kappa shape index (κ3) is 5.60. The van der Waals surface area contributed by atoms with Crippen molar-refractivity contribution in [2.45, 2.75) is 31.0 Å². The van der Waals surface area contributed by atoms with Crippen LogP contribution in [-0.2, 0) is 4.74 Å². The lowest BCUT2D eigenvalue weighted by atomic mass is 10.1.